The van der Waals surface area contributed by atoms with Crippen molar-refractivity contribution in [2.24, 2.45) is 0 Å². The van der Waals surface area contributed by atoms with Crippen molar-refractivity contribution in [3.63, 3.8) is 0 Å². The Morgan fingerprint density at radius 2 is 2.14 bits per heavy atom. The lowest BCUT2D eigenvalue weighted by molar-refractivity contribution is 0.258. The van der Waals surface area contributed by atoms with E-state index >= 15 is 0 Å². The summed E-state index contributed by atoms with van der Waals surface area (Å²) in [7, 11) is 0. The van der Waals surface area contributed by atoms with Gasteiger partial charge >= 0.3 is 0 Å². The summed E-state index contributed by atoms with van der Waals surface area (Å²) in [5.41, 5.74) is 0.402. The maximum atomic E-state index is 9.29. The number of aliphatic hydroxyl groups is 1. The van der Waals surface area contributed by atoms with Gasteiger partial charge in [0, 0.05) is 11.6 Å². The molecule has 2 N–H and O–H groups in total. The number of unbranched alkanes of at least 4 members (excludes halogenated alkanes) is 1. The Labute approximate surface area is 126 Å². The van der Waals surface area contributed by atoms with Gasteiger partial charge in [-0.15, -0.1) is 0 Å². The van der Waals surface area contributed by atoms with E-state index in [2.05, 4.69) is 11.4 Å². The van der Waals surface area contributed by atoms with Crippen LogP contribution in [0.1, 0.15) is 44.6 Å². The second-order valence-corrected chi connectivity index (χ2v) is 5.93. The Morgan fingerprint density at radius 1 is 1.38 bits per heavy atom. The van der Waals surface area contributed by atoms with Crippen LogP contribution in [-0.4, -0.2) is 23.3 Å². The largest absolute Gasteiger partial charge is 0.493 e. The normalized spacial score (nSPS) is 17.0. The van der Waals surface area contributed by atoms with E-state index in [1.807, 2.05) is 31.2 Å². The average molecular weight is 288 g/mol. The molecule has 0 amide bonds. The summed E-state index contributed by atoms with van der Waals surface area (Å²) in [6.45, 7) is 2.59. The predicted octanol–water partition coefficient (Wildman–Crippen LogP) is 2.76. The highest BCUT2D eigenvalue weighted by molar-refractivity contribution is 5.32. The number of nitrogens with zero attached hydrogens (tertiary/aromatic N) is 1. The van der Waals surface area contributed by atoms with Crippen molar-refractivity contribution >= 4 is 0 Å². The van der Waals surface area contributed by atoms with Gasteiger partial charge in [-0.3, -0.25) is 5.32 Å². The average Bonchev–Trinajstić information content (AvgIpc) is 3.31. The summed E-state index contributed by atoms with van der Waals surface area (Å²) < 4.78 is 5.71. The molecule has 2 rings (SSSR count). The highest BCUT2D eigenvalue weighted by Gasteiger charge is 2.31. The summed E-state index contributed by atoms with van der Waals surface area (Å²) in [6.07, 6.45) is 5.08. The molecular formula is C17H24N2O2. The minimum Gasteiger partial charge on any atom is -0.493 e. The number of ether oxygens (including phenoxy) is 1. The summed E-state index contributed by atoms with van der Waals surface area (Å²) in [5.74, 6) is 0.749. The van der Waals surface area contributed by atoms with Gasteiger partial charge in [-0.25, -0.2) is 0 Å². The van der Waals surface area contributed by atoms with Gasteiger partial charge in [-0.05, 0) is 45.1 Å². The summed E-state index contributed by atoms with van der Waals surface area (Å²) >= 11 is 0. The number of hydrogen-bond acceptors (Lipinski definition) is 4. The minimum absolute atomic E-state index is 0.00597. The molecule has 1 atom stereocenters. The lowest BCUT2D eigenvalue weighted by atomic mass is 9.96. The number of para-hydroxylation sites is 1. The van der Waals surface area contributed by atoms with E-state index in [1.54, 1.807) is 0 Å². The van der Waals surface area contributed by atoms with Gasteiger partial charge < -0.3 is 9.84 Å². The van der Waals surface area contributed by atoms with Crippen LogP contribution in [0.3, 0.4) is 0 Å². The van der Waals surface area contributed by atoms with Crippen LogP contribution in [-0.2, 0) is 6.61 Å². The first kappa shape index (κ1) is 15.8. The SMILES string of the molecule is CC(C#N)(CCCCOc1ccccc1CO)NC1CC1. The van der Waals surface area contributed by atoms with Gasteiger partial charge in [-0.1, -0.05) is 18.2 Å². The molecule has 1 fully saturated rings. The maximum Gasteiger partial charge on any atom is 0.124 e. The fourth-order valence-electron chi connectivity index (χ4n) is 2.38. The molecule has 4 heteroatoms. The molecule has 0 radical (unpaired) electrons. The van der Waals surface area contributed by atoms with Crippen LogP contribution in [0.4, 0.5) is 0 Å². The molecule has 4 nitrogen and oxygen atoms in total. The first-order chi connectivity index (χ1) is 10.2. The topological polar surface area (TPSA) is 65.3 Å². The summed E-state index contributed by atoms with van der Waals surface area (Å²) in [5, 5.41) is 21.9. The molecule has 1 aliphatic rings. The molecule has 0 aliphatic heterocycles. The summed E-state index contributed by atoms with van der Waals surface area (Å²) in [4.78, 5) is 0. The first-order valence-corrected chi connectivity index (χ1v) is 7.67. The van der Waals surface area contributed by atoms with Crippen molar-refractivity contribution in [3.05, 3.63) is 29.8 Å². The zero-order valence-electron chi connectivity index (χ0n) is 12.6. The van der Waals surface area contributed by atoms with Crippen LogP contribution < -0.4 is 10.1 Å². The Hall–Kier alpha value is -1.57. The molecule has 1 aromatic carbocycles. The quantitative estimate of drug-likeness (QED) is 0.686. The van der Waals surface area contributed by atoms with Gasteiger partial charge in [0.15, 0.2) is 0 Å². The van der Waals surface area contributed by atoms with Gasteiger partial charge in [0.05, 0.1) is 19.3 Å². The van der Waals surface area contributed by atoms with Crippen LogP contribution in [0.25, 0.3) is 0 Å². The van der Waals surface area contributed by atoms with Gasteiger partial charge in [0.25, 0.3) is 0 Å². The van der Waals surface area contributed by atoms with Crippen LogP contribution in [0.15, 0.2) is 24.3 Å². The number of nitriles is 1. The van der Waals surface area contributed by atoms with Crippen LogP contribution in [0.5, 0.6) is 5.75 Å². The first-order valence-electron chi connectivity index (χ1n) is 7.67. The maximum absolute atomic E-state index is 9.29. The monoisotopic (exact) mass is 288 g/mol. The highest BCUT2D eigenvalue weighted by atomic mass is 16.5. The van der Waals surface area contributed by atoms with Crippen molar-refractivity contribution in [1.29, 1.82) is 5.26 Å². The number of aliphatic hydroxyl groups excluding tert-OH is 1. The molecule has 1 saturated carbocycles. The standard InChI is InChI=1S/C17H24N2O2/c1-17(13-18,19-15-8-9-15)10-4-5-11-21-16-7-3-2-6-14(16)12-20/h2-3,6-7,15,19-20H,4-5,8-12H2,1H3. The van der Waals surface area contributed by atoms with E-state index in [0.29, 0.717) is 12.6 Å². The Kier molecular flexibility index (Phi) is 5.60. The van der Waals surface area contributed by atoms with E-state index in [0.717, 1.165) is 30.6 Å². The smallest absolute Gasteiger partial charge is 0.124 e. The zero-order chi connectivity index (χ0) is 15.1. The Morgan fingerprint density at radius 3 is 2.81 bits per heavy atom. The van der Waals surface area contributed by atoms with Crippen molar-refractivity contribution in [2.45, 2.75) is 57.2 Å². The highest BCUT2D eigenvalue weighted by Crippen LogP contribution is 2.25. The molecule has 0 bridgehead atoms. The number of benzene rings is 1. The predicted molar refractivity (Wildman–Crippen MR) is 81.9 cm³/mol. The molecule has 21 heavy (non-hydrogen) atoms. The third kappa shape index (κ3) is 5.04. The molecule has 114 valence electrons. The van der Waals surface area contributed by atoms with E-state index in [4.69, 9.17) is 4.74 Å². The molecular weight excluding hydrogens is 264 g/mol. The van der Waals surface area contributed by atoms with Gasteiger partial charge in [0.1, 0.15) is 11.3 Å². The Balaban J connectivity index is 1.68. The van der Waals surface area contributed by atoms with Crippen molar-refractivity contribution in [2.75, 3.05) is 6.61 Å². The van der Waals surface area contributed by atoms with Gasteiger partial charge in [0.2, 0.25) is 0 Å². The van der Waals surface area contributed by atoms with Crippen molar-refractivity contribution in [1.82, 2.24) is 5.32 Å². The molecule has 1 aliphatic carbocycles. The van der Waals surface area contributed by atoms with Crippen molar-refractivity contribution < 1.29 is 9.84 Å². The molecule has 0 saturated heterocycles. The minimum atomic E-state index is -0.413. The van der Waals surface area contributed by atoms with E-state index in [9.17, 15) is 10.4 Å². The van der Waals surface area contributed by atoms with Crippen LogP contribution in [0.2, 0.25) is 0 Å². The number of nitrogens with one attached hydrogen (secondary N) is 1. The molecule has 0 aromatic heterocycles. The van der Waals surface area contributed by atoms with Crippen LogP contribution >= 0.6 is 0 Å². The third-order valence-corrected chi connectivity index (χ3v) is 3.82. The fourth-order valence-corrected chi connectivity index (χ4v) is 2.38. The molecule has 1 unspecified atom stereocenters. The third-order valence-electron chi connectivity index (χ3n) is 3.82. The van der Waals surface area contributed by atoms with E-state index < -0.39 is 5.54 Å². The number of hydrogen-bond donors (Lipinski definition) is 2. The van der Waals surface area contributed by atoms with E-state index in [1.165, 1.54) is 12.8 Å². The zero-order valence-corrected chi connectivity index (χ0v) is 12.6. The lowest BCUT2D eigenvalue weighted by Crippen LogP contribution is -2.42. The molecule has 0 heterocycles. The van der Waals surface area contributed by atoms with Crippen molar-refractivity contribution in [3.8, 4) is 11.8 Å². The second-order valence-electron chi connectivity index (χ2n) is 5.93. The van der Waals surface area contributed by atoms with Crippen LogP contribution in [0, 0.1) is 11.3 Å². The number of rotatable bonds is 9. The fraction of sp³-hybridized carbons (Fsp3) is 0.588. The van der Waals surface area contributed by atoms with E-state index in [-0.39, 0.29) is 6.61 Å². The Bertz CT molecular complexity index is 494. The lowest BCUT2D eigenvalue weighted by Gasteiger charge is -2.23. The van der Waals surface area contributed by atoms with Gasteiger partial charge in [-0.2, -0.15) is 5.26 Å². The molecule has 1 aromatic rings. The molecule has 0 spiro atoms. The summed E-state index contributed by atoms with van der Waals surface area (Å²) in [6, 6.07) is 10.5. The second kappa shape index (κ2) is 7.44.